The lowest BCUT2D eigenvalue weighted by molar-refractivity contribution is -0.124. The Balaban J connectivity index is 2.03. The number of anilines is 2. The highest BCUT2D eigenvalue weighted by Gasteiger charge is 2.25. The average molecular weight is 195 g/mol. The molecule has 0 spiro atoms. The van der Waals surface area contributed by atoms with Crippen LogP contribution in [0.4, 0.5) is 11.6 Å². The minimum atomic E-state index is -0.446. The second-order valence-corrected chi connectivity index (χ2v) is 2.81. The van der Waals surface area contributed by atoms with E-state index < -0.39 is 6.04 Å². The molecular weight excluding hydrogens is 186 g/mol. The Morgan fingerprint density at radius 1 is 1.57 bits per heavy atom. The molecule has 0 aliphatic carbocycles. The molecule has 0 saturated carbocycles. The summed E-state index contributed by atoms with van der Waals surface area (Å²) < 4.78 is 0. The van der Waals surface area contributed by atoms with Crippen LogP contribution < -0.4 is 16.5 Å². The smallest absolute Gasteiger partial charge is 0.268 e. The fraction of sp³-hybridized carbons (Fsp3) is 0.286. The van der Waals surface area contributed by atoms with E-state index in [0.717, 1.165) is 0 Å². The quantitative estimate of drug-likeness (QED) is 0.553. The van der Waals surface area contributed by atoms with Gasteiger partial charge in [-0.05, 0) is 0 Å². The third-order valence-corrected chi connectivity index (χ3v) is 1.71. The summed E-state index contributed by atoms with van der Waals surface area (Å²) in [4.78, 5) is 23.6. The Morgan fingerprint density at radius 2 is 2.29 bits per heavy atom. The summed E-state index contributed by atoms with van der Waals surface area (Å²) in [6, 6.07) is -0.446. The maximum absolute atomic E-state index is 11.1. The summed E-state index contributed by atoms with van der Waals surface area (Å²) in [6.45, 7) is 0.257. The van der Waals surface area contributed by atoms with Crippen molar-refractivity contribution >= 4 is 17.5 Å². The van der Waals surface area contributed by atoms with Gasteiger partial charge in [-0.15, -0.1) is 0 Å². The fourth-order valence-electron chi connectivity index (χ4n) is 1.02. The van der Waals surface area contributed by atoms with E-state index in [2.05, 4.69) is 20.8 Å². The molecule has 7 nitrogen and oxygen atoms in total. The molecule has 74 valence electrons. The van der Waals surface area contributed by atoms with Crippen molar-refractivity contribution in [1.29, 1.82) is 0 Å². The first-order valence-corrected chi connectivity index (χ1v) is 4.01. The van der Waals surface area contributed by atoms with E-state index in [1.54, 1.807) is 0 Å². The van der Waals surface area contributed by atoms with Crippen molar-refractivity contribution in [2.45, 2.75) is 6.04 Å². The van der Waals surface area contributed by atoms with E-state index in [1.807, 2.05) is 0 Å². The van der Waals surface area contributed by atoms with Gasteiger partial charge in [0.1, 0.15) is 12.6 Å². The largest absolute Gasteiger partial charge is 0.396 e. The van der Waals surface area contributed by atoms with Gasteiger partial charge in [-0.3, -0.25) is 9.63 Å². The highest BCUT2D eigenvalue weighted by atomic mass is 16.7. The molecular formula is C7H9N5O2. The van der Waals surface area contributed by atoms with Crippen LogP contribution in [0, 0.1) is 0 Å². The molecule has 7 heteroatoms. The molecule has 2 heterocycles. The number of nitrogen functional groups attached to an aromatic ring is 1. The summed E-state index contributed by atoms with van der Waals surface area (Å²) in [5.41, 5.74) is 8.10. The molecule has 2 rings (SSSR count). The van der Waals surface area contributed by atoms with Gasteiger partial charge in [0, 0.05) is 0 Å². The van der Waals surface area contributed by atoms with Crippen molar-refractivity contribution in [2.75, 3.05) is 17.7 Å². The Bertz CT molecular complexity index is 338. The molecule has 0 bridgehead atoms. The zero-order chi connectivity index (χ0) is 9.97. The fourth-order valence-corrected chi connectivity index (χ4v) is 1.02. The van der Waals surface area contributed by atoms with E-state index in [4.69, 9.17) is 10.6 Å². The van der Waals surface area contributed by atoms with Crippen LogP contribution in [-0.2, 0) is 9.63 Å². The van der Waals surface area contributed by atoms with Crippen LogP contribution in [0.1, 0.15) is 0 Å². The summed E-state index contributed by atoms with van der Waals surface area (Å²) in [5, 5.41) is 2.80. The molecule has 1 amide bonds. The minimum absolute atomic E-state index is 0.231. The van der Waals surface area contributed by atoms with Crippen LogP contribution in [0.5, 0.6) is 0 Å². The van der Waals surface area contributed by atoms with Crippen LogP contribution in [0.25, 0.3) is 0 Å². The van der Waals surface area contributed by atoms with Crippen LogP contribution in [0.3, 0.4) is 0 Å². The molecule has 1 aliphatic heterocycles. The third kappa shape index (κ3) is 1.72. The molecule has 0 radical (unpaired) electrons. The molecule has 1 aliphatic rings. The second kappa shape index (κ2) is 3.46. The van der Waals surface area contributed by atoms with E-state index in [1.165, 1.54) is 12.4 Å². The van der Waals surface area contributed by atoms with Crippen LogP contribution in [0.15, 0.2) is 12.4 Å². The van der Waals surface area contributed by atoms with Gasteiger partial charge in [0.2, 0.25) is 5.95 Å². The number of carbonyl (C=O) groups is 1. The van der Waals surface area contributed by atoms with Crippen molar-refractivity contribution in [1.82, 2.24) is 15.4 Å². The number of carbonyl (C=O) groups excluding carboxylic acids is 1. The van der Waals surface area contributed by atoms with E-state index >= 15 is 0 Å². The van der Waals surface area contributed by atoms with Crippen molar-refractivity contribution in [3.63, 3.8) is 0 Å². The molecule has 1 atom stereocenters. The van der Waals surface area contributed by atoms with Gasteiger partial charge >= 0.3 is 0 Å². The first-order valence-electron chi connectivity index (χ1n) is 4.01. The van der Waals surface area contributed by atoms with Gasteiger partial charge < -0.3 is 11.1 Å². The summed E-state index contributed by atoms with van der Waals surface area (Å²) in [5.74, 6) is 0.121. The lowest BCUT2D eigenvalue weighted by Crippen LogP contribution is -2.31. The zero-order valence-electron chi connectivity index (χ0n) is 7.23. The summed E-state index contributed by atoms with van der Waals surface area (Å²) >= 11 is 0. The van der Waals surface area contributed by atoms with Gasteiger partial charge in [-0.2, -0.15) is 0 Å². The number of nitrogens with one attached hydrogen (secondary N) is 2. The van der Waals surface area contributed by atoms with Crippen LogP contribution >= 0.6 is 0 Å². The topological polar surface area (TPSA) is 102 Å². The number of hydrogen-bond donors (Lipinski definition) is 3. The zero-order valence-corrected chi connectivity index (χ0v) is 7.23. The summed E-state index contributed by atoms with van der Waals surface area (Å²) in [7, 11) is 0. The summed E-state index contributed by atoms with van der Waals surface area (Å²) in [6.07, 6.45) is 2.92. The lowest BCUT2D eigenvalue weighted by Gasteiger charge is -2.06. The Hall–Kier alpha value is -1.89. The van der Waals surface area contributed by atoms with Gasteiger partial charge in [0.15, 0.2) is 0 Å². The number of nitrogens with two attached hydrogens (primary N) is 1. The van der Waals surface area contributed by atoms with Crippen molar-refractivity contribution in [3.05, 3.63) is 12.4 Å². The normalized spacial score (nSPS) is 20.6. The van der Waals surface area contributed by atoms with Crippen molar-refractivity contribution < 1.29 is 9.63 Å². The molecule has 0 aromatic carbocycles. The highest BCUT2D eigenvalue weighted by Crippen LogP contribution is 2.05. The first-order chi connectivity index (χ1) is 6.75. The second-order valence-electron chi connectivity index (χ2n) is 2.81. The highest BCUT2D eigenvalue weighted by molar-refractivity contribution is 5.84. The van der Waals surface area contributed by atoms with Crippen molar-refractivity contribution in [3.8, 4) is 0 Å². The Morgan fingerprint density at radius 3 is 2.86 bits per heavy atom. The van der Waals surface area contributed by atoms with Gasteiger partial charge in [-0.1, -0.05) is 0 Å². The number of rotatable bonds is 2. The average Bonchev–Trinajstić information content (AvgIpc) is 2.56. The predicted octanol–water partition coefficient (Wildman–Crippen LogP) is -1.10. The van der Waals surface area contributed by atoms with E-state index in [-0.39, 0.29) is 12.5 Å². The molecule has 1 aromatic rings. The first kappa shape index (κ1) is 8.70. The van der Waals surface area contributed by atoms with Gasteiger partial charge in [0.25, 0.3) is 5.91 Å². The molecule has 1 saturated heterocycles. The molecule has 1 fully saturated rings. The minimum Gasteiger partial charge on any atom is -0.396 e. The van der Waals surface area contributed by atoms with Crippen LogP contribution in [0.2, 0.25) is 0 Å². The lowest BCUT2D eigenvalue weighted by atomic mass is 10.3. The van der Waals surface area contributed by atoms with E-state index in [9.17, 15) is 4.79 Å². The maximum atomic E-state index is 11.1. The monoisotopic (exact) mass is 195 g/mol. The molecule has 14 heavy (non-hydrogen) atoms. The molecule has 1 aromatic heterocycles. The number of hydrogen-bond acceptors (Lipinski definition) is 6. The molecule has 1 unspecified atom stereocenters. The Kier molecular flexibility index (Phi) is 2.15. The standard InChI is InChI=1S/C7H9N5O2/c8-4-1-9-7(10-2-4)11-5-3-14-12-6(5)13/h1-2,5H,3,8H2,(H,12,13)(H,9,10,11). The van der Waals surface area contributed by atoms with Crippen molar-refractivity contribution in [2.24, 2.45) is 0 Å². The molecule has 4 N–H and O–H groups in total. The Labute approximate surface area is 79.6 Å². The predicted molar refractivity (Wildman–Crippen MR) is 47.9 cm³/mol. The number of hydroxylamine groups is 1. The SMILES string of the molecule is Nc1cnc(NC2CONC2=O)nc1. The van der Waals surface area contributed by atoms with E-state index in [0.29, 0.717) is 11.6 Å². The number of nitrogens with zero attached hydrogens (tertiary/aromatic N) is 2. The number of amides is 1. The maximum Gasteiger partial charge on any atom is 0.268 e. The third-order valence-electron chi connectivity index (χ3n) is 1.71. The number of aromatic nitrogens is 2. The van der Waals surface area contributed by atoms with Gasteiger partial charge in [-0.25, -0.2) is 15.4 Å². The van der Waals surface area contributed by atoms with Crippen LogP contribution in [-0.4, -0.2) is 28.5 Å². The van der Waals surface area contributed by atoms with Gasteiger partial charge in [0.05, 0.1) is 18.1 Å².